The monoisotopic (exact) mass is 541 g/mol. The van der Waals surface area contributed by atoms with Crippen molar-refractivity contribution in [1.82, 2.24) is 15.5 Å². The maximum absolute atomic E-state index is 12.7. The van der Waals surface area contributed by atoms with E-state index in [0.29, 0.717) is 35.2 Å². The van der Waals surface area contributed by atoms with Gasteiger partial charge in [-0.2, -0.15) is 0 Å². The molecule has 6 rings (SSSR count). The molecule has 8 nitrogen and oxygen atoms in total. The number of hydrogen-bond acceptors (Lipinski definition) is 7. The second-order valence-electron chi connectivity index (χ2n) is 10.4. The highest BCUT2D eigenvalue weighted by molar-refractivity contribution is 6.13. The van der Waals surface area contributed by atoms with Crippen LogP contribution in [-0.4, -0.2) is 58.1 Å². The van der Waals surface area contributed by atoms with E-state index in [-0.39, 0.29) is 11.6 Å². The molecule has 208 valence electrons. The van der Waals surface area contributed by atoms with Gasteiger partial charge in [0.2, 0.25) is 0 Å². The summed E-state index contributed by atoms with van der Waals surface area (Å²) >= 11 is 0. The third-order valence-electron chi connectivity index (χ3n) is 8.50. The zero-order valence-corrected chi connectivity index (χ0v) is 23.4. The molecule has 1 unspecified atom stereocenters. The van der Waals surface area contributed by atoms with Crippen molar-refractivity contribution < 1.29 is 23.7 Å². The number of rotatable bonds is 8. The number of methoxy groups -OCH3 is 4. The lowest BCUT2D eigenvalue weighted by molar-refractivity contribution is 0.0733. The second kappa shape index (κ2) is 10.5. The fourth-order valence-electron chi connectivity index (χ4n) is 6.50. The zero-order chi connectivity index (χ0) is 27.9. The average molecular weight is 542 g/mol. The van der Waals surface area contributed by atoms with Crippen LogP contribution in [0.2, 0.25) is 0 Å². The van der Waals surface area contributed by atoms with Gasteiger partial charge in [-0.15, -0.1) is 0 Å². The molecule has 2 heterocycles. The fourth-order valence-corrected chi connectivity index (χ4v) is 6.50. The van der Waals surface area contributed by atoms with Gasteiger partial charge in [0.1, 0.15) is 0 Å². The second-order valence-corrected chi connectivity index (χ2v) is 10.4. The third-order valence-corrected chi connectivity index (χ3v) is 8.50. The molecule has 0 spiro atoms. The SMILES string of the molecule is COc1cc2c3c(c4cc(OC)c(OC)cc4c2cc1OC)CC1(NCNC(=O)c2ccccc2)CCCN1C3. The molecule has 1 atom stereocenters. The molecule has 0 bridgehead atoms. The van der Waals surface area contributed by atoms with Gasteiger partial charge < -0.3 is 24.3 Å². The van der Waals surface area contributed by atoms with Crippen LogP contribution in [0.25, 0.3) is 21.5 Å². The quantitative estimate of drug-likeness (QED) is 0.244. The largest absolute Gasteiger partial charge is 0.493 e. The van der Waals surface area contributed by atoms with Crippen LogP contribution in [0.1, 0.15) is 34.3 Å². The molecule has 8 heteroatoms. The molecule has 0 radical (unpaired) electrons. The van der Waals surface area contributed by atoms with Crippen molar-refractivity contribution in [2.75, 3.05) is 41.7 Å². The first-order valence-corrected chi connectivity index (χ1v) is 13.6. The van der Waals surface area contributed by atoms with Crippen LogP contribution >= 0.6 is 0 Å². The maximum atomic E-state index is 12.7. The number of amides is 1. The highest BCUT2D eigenvalue weighted by atomic mass is 16.5. The van der Waals surface area contributed by atoms with E-state index in [2.05, 4.69) is 39.8 Å². The Hall–Kier alpha value is -4.01. The van der Waals surface area contributed by atoms with Crippen molar-refractivity contribution in [3.63, 3.8) is 0 Å². The molecule has 1 saturated heterocycles. The van der Waals surface area contributed by atoms with Gasteiger partial charge in [0.15, 0.2) is 23.0 Å². The van der Waals surface area contributed by atoms with Crippen molar-refractivity contribution in [3.8, 4) is 23.0 Å². The van der Waals surface area contributed by atoms with Gasteiger partial charge >= 0.3 is 0 Å². The van der Waals surface area contributed by atoms with Crippen LogP contribution in [0.5, 0.6) is 23.0 Å². The first kappa shape index (κ1) is 26.2. The van der Waals surface area contributed by atoms with Gasteiger partial charge in [-0.25, -0.2) is 0 Å². The first-order chi connectivity index (χ1) is 19.5. The number of carbonyl (C=O) groups excluding carboxylic acids is 1. The maximum Gasteiger partial charge on any atom is 0.252 e. The minimum atomic E-state index is -0.263. The highest BCUT2D eigenvalue weighted by Gasteiger charge is 2.45. The topological polar surface area (TPSA) is 81.3 Å². The van der Waals surface area contributed by atoms with Gasteiger partial charge in [-0.1, -0.05) is 18.2 Å². The number of hydrogen-bond donors (Lipinski definition) is 2. The van der Waals surface area contributed by atoms with Crippen LogP contribution < -0.4 is 29.6 Å². The fraction of sp³-hybridized carbons (Fsp3) is 0.344. The Morgan fingerprint density at radius 2 is 1.35 bits per heavy atom. The molecule has 4 aromatic rings. The van der Waals surface area contributed by atoms with E-state index in [0.717, 1.165) is 53.9 Å². The number of benzene rings is 4. The van der Waals surface area contributed by atoms with E-state index in [1.807, 2.05) is 30.3 Å². The zero-order valence-electron chi connectivity index (χ0n) is 23.4. The van der Waals surface area contributed by atoms with Crippen LogP contribution in [0, 0.1) is 0 Å². The molecule has 2 aliphatic rings. The summed E-state index contributed by atoms with van der Waals surface area (Å²) in [4.78, 5) is 15.2. The lowest BCUT2D eigenvalue weighted by Gasteiger charge is -2.45. The van der Waals surface area contributed by atoms with Crippen LogP contribution in [0.15, 0.2) is 54.6 Å². The molecule has 1 fully saturated rings. The summed E-state index contributed by atoms with van der Waals surface area (Å²) in [6.45, 7) is 2.15. The van der Waals surface area contributed by atoms with E-state index >= 15 is 0 Å². The van der Waals surface area contributed by atoms with Crippen molar-refractivity contribution >= 4 is 27.5 Å². The summed E-state index contributed by atoms with van der Waals surface area (Å²) < 4.78 is 22.8. The Morgan fingerprint density at radius 1 is 0.800 bits per heavy atom. The number of nitrogens with one attached hydrogen (secondary N) is 2. The lowest BCUT2D eigenvalue weighted by Crippen LogP contribution is -2.60. The van der Waals surface area contributed by atoms with Crippen molar-refractivity contribution in [2.45, 2.75) is 31.5 Å². The minimum absolute atomic E-state index is 0.0837. The minimum Gasteiger partial charge on any atom is -0.493 e. The van der Waals surface area contributed by atoms with E-state index in [1.54, 1.807) is 28.4 Å². The average Bonchev–Trinajstić information content (AvgIpc) is 3.41. The molecule has 4 aromatic carbocycles. The van der Waals surface area contributed by atoms with Gasteiger partial charge in [0.05, 0.1) is 40.8 Å². The molecule has 0 saturated carbocycles. The molecule has 1 amide bonds. The molecule has 0 aromatic heterocycles. The normalized spacial score (nSPS) is 18.3. The summed E-state index contributed by atoms with van der Waals surface area (Å²) in [5, 5.41) is 11.2. The molecule has 2 aliphatic heterocycles. The molecular weight excluding hydrogens is 506 g/mol. The number of nitrogens with zero attached hydrogens (tertiary/aromatic N) is 1. The van der Waals surface area contributed by atoms with E-state index in [1.165, 1.54) is 11.1 Å². The van der Waals surface area contributed by atoms with Crippen LogP contribution in [0.3, 0.4) is 0 Å². The summed E-state index contributed by atoms with van der Waals surface area (Å²) in [6.07, 6.45) is 2.87. The molecule has 0 aliphatic carbocycles. The van der Waals surface area contributed by atoms with Crippen molar-refractivity contribution in [3.05, 3.63) is 71.3 Å². The summed E-state index contributed by atoms with van der Waals surface area (Å²) in [7, 11) is 6.66. The summed E-state index contributed by atoms with van der Waals surface area (Å²) in [5.41, 5.74) is 2.95. The predicted octanol–water partition coefficient (Wildman–Crippen LogP) is 4.85. The first-order valence-electron chi connectivity index (χ1n) is 13.6. The molecule has 40 heavy (non-hydrogen) atoms. The van der Waals surface area contributed by atoms with Gasteiger partial charge in [0, 0.05) is 25.1 Å². The lowest BCUT2D eigenvalue weighted by atomic mass is 9.82. The van der Waals surface area contributed by atoms with E-state index in [4.69, 9.17) is 18.9 Å². The highest BCUT2D eigenvalue weighted by Crippen LogP contribution is 2.48. The Labute approximate surface area is 234 Å². The summed E-state index contributed by atoms with van der Waals surface area (Å²) in [6, 6.07) is 17.6. The van der Waals surface area contributed by atoms with Gasteiger partial charge in [-0.3, -0.25) is 15.0 Å². The van der Waals surface area contributed by atoms with Crippen LogP contribution in [0.4, 0.5) is 0 Å². The number of ether oxygens (including phenoxy) is 4. The van der Waals surface area contributed by atoms with Crippen molar-refractivity contribution in [2.24, 2.45) is 0 Å². The van der Waals surface area contributed by atoms with Gasteiger partial charge in [-0.05, 0) is 81.9 Å². The Balaban J connectivity index is 1.45. The third kappa shape index (κ3) is 4.28. The van der Waals surface area contributed by atoms with Crippen molar-refractivity contribution in [1.29, 1.82) is 0 Å². The Morgan fingerprint density at radius 3 is 1.93 bits per heavy atom. The molecule has 2 N–H and O–H groups in total. The standard InChI is InChI=1S/C32H35N3O5/c1-37-27-13-21-22-14-28(38-2)30(40-4)16-24(22)26-18-35-12-8-11-32(35,17-25(26)23(21)15-29(27)39-3)34-19-33-31(36)20-9-6-5-7-10-20/h5-7,9-10,13-16,34H,8,11-12,17-19H2,1-4H3,(H,33,36). The Bertz CT molecular complexity index is 1590. The van der Waals surface area contributed by atoms with Gasteiger partial charge in [0.25, 0.3) is 5.91 Å². The Kier molecular flexibility index (Phi) is 6.90. The predicted molar refractivity (Wildman–Crippen MR) is 156 cm³/mol. The smallest absolute Gasteiger partial charge is 0.252 e. The number of carbonyl (C=O) groups is 1. The van der Waals surface area contributed by atoms with E-state index < -0.39 is 0 Å². The van der Waals surface area contributed by atoms with E-state index in [9.17, 15) is 4.79 Å². The molecular formula is C32H35N3O5. The summed E-state index contributed by atoms with van der Waals surface area (Å²) in [5.74, 6) is 2.69. The van der Waals surface area contributed by atoms with Crippen LogP contribution in [-0.2, 0) is 13.0 Å². The number of fused-ring (bicyclic) bond motifs is 7.